The van der Waals surface area contributed by atoms with E-state index in [2.05, 4.69) is 10.6 Å². The summed E-state index contributed by atoms with van der Waals surface area (Å²) in [6.45, 7) is 1.75. The third kappa shape index (κ3) is 4.99. The van der Waals surface area contributed by atoms with E-state index in [1.807, 2.05) is 47.8 Å². The Hall–Kier alpha value is -2.57. The third-order valence-electron chi connectivity index (χ3n) is 4.26. The lowest BCUT2D eigenvalue weighted by molar-refractivity contribution is -0.120. The Morgan fingerprint density at radius 2 is 1.85 bits per heavy atom. The summed E-state index contributed by atoms with van der Waals surface area (Å²) >= 11 is 1.57. The van der Waals surface area contributed by atoms with Crippen LogP contribution in [0.3, 0.4) is 0 Å². The van der Waals surface area contributed by atoms with Crippen LogP contribution >= 0.6 is 11.3 Å². The summed E-state index contributed by atoms with van der Waals surface area (Å²) in [5.41, 5.74) is 1.31. The first-order chi connectivity index (χ1) is 13.0. The first kappa shape index (κ1) is 19.2. The zero-order valence-electron chi connectivity index (χ0n) is 14.8. The number of rotatable bonds is 7. The first-order valence-corrected chi connectivity index (χ1v) is 9.48. The molecule has 2 atom stereocenters. The molecular weight excluding hydrogens is 366 g/mol. The number of thiophene rings is 1. The van der Waals surface area contributed by atoms with Crippen LogP contribution in [0.15, 0.2) is 66.0 Å². The number of amides is 1. The smallest absolute Gasteiger partial charge is 0.234 e. The second kappa shape index (κ2) is 8.88. The summed E-state index contributed by atoms with van der Waals surface area (Å²) in [6.07, 6.45) is 0. The maximum absolute atomic E-state index is 13.9. The van der Waals surface area contributed by atoms with Crippen molar-refractivity contribution >= 4 is 17.2 Å². The minimum Gasteiger partial charge on any atom is -0.343 e. The van der Waals surface area contributed by atoms with Gasteiger partial charge in [0.15, 0.2) is 0 Å². The number of hydrogen-bond acceptors (Lipinski definition) is 3. The number of hydrogen-bond donors (Lipinski definition) is 2. The van der Waals surface area contributed by atoms with Gasteiger partial charge in [0.05, 0.1) is 12.6 Å². The SMILES string of the molecule is C[C@@H](NCC(=O)N[C@@H](c1ccccc1)c1cccs1)c1ccc(F)cc1F. The highest BCUT2D eigenvalue weighted by Crippen LogP contribution is 2.25. The predicted octanol–water partition coefficient (Wildman–Crippen LogP) is 4.58. The molecule has 2 aromatic carbocycles. The largest absolute Gasteiger partial charge is 0.343 e. The molecule has 2 N–H and O–H groups in total. The average molecular weight is 386 g/mol. The topological polar surface area (TPSA) is 41.1 Å². The van der Waals surface area contributed by atoms with Gasteiger partial charge in [-0.15, -0.1) is 11.3 Å². The summed E-state index contributed by atoms with van der Waals surface area (Å²) in [4.78, 5) is 13.5. The Balaban J connectivity index is 1.64. The number of carbonyl (C=O) groups excluding carboxylic acids is 1. The molecule has 0 spiro atoms. The van der Waals surface area contributed by atoms with Crippen LogP contribution in [0.2, 0.25) is 0 Å². The van der Waals surface area contributed by atoms with E-state index in [0.29, 0.717) is 5.56 Å². The van der Waals surface area contributed by atoms with Crippen LogP contribution in [0.25, 0.3) is 0 Å². The van der Waals surface area contributed by atoms with E-state index in [1.54, 1.807) is 18.3 Å². The van der Waals surface area contributed by atoms with Crippen LogP contribution < -0.4 is 10.6 Å². The van der Waals surface area contributed by atoms with Crippen molar-refractivity contribution in [2.45, 2.75) is 19.0 Å². The van der Waals surface area contributed by atoms with Gasteiger partial charge in [-0.3, -0.25) is 4.79 Å². The molecule has 0 bridgehead atoms. The zero-order valence-corrected chi connectivity index (χ0v) is 15.6. The molecule has 1 aromatic heterocycles. The fraction of sp³-hybridized carbons (Fsp3) is 0.190. The van der Waals surface area contributed by atoms with Crippen molar-refractivity contribution in [3.63, 3.8) is 0 Å². The van der Waals surface area contributed by atoms with Gasteiger partial charge in [-0.25, -0.2) is 8.78 Å². The van der Waals surface area contributed by atoms with Crippen molar-refractivity contribution in [2.75, 3.05) is 6.54 Å². The highest BCUT2D eigenvalue weighted by Gasteiger charge is 2.18. The van der Waals surface area contributed by atoms with Crippen molar-refractivity contribution in [3.8, 4) is 0 Å². The second-order valence-electron chi connectivity index (χ2n) is 6.20. The standard InChI is InChI=1S/C21H20F2N2OS/c1-14(17-10-9-16(22)12-18(17)23)24-13-20(26)25-21(19-8-5-11-27-19)15-6-3-2-4-7-15/h2-12,14,21,24H,13H2,1H3,(H,25,26)/t14-,21+/m1/s1. The van der Waals surface area contributed by atoms with Gasteiger partial charge in [-0.2, -0.15) is 0 Å². The van der Waals surface area contributed by atoms with E-state index in [0.717, 1.165) is 16.5 Å². The van der Waals surface area contributed by atoms with Gasteiger partial charge in [0.2, 0.25) is 5.91 Å². The van der Waals surface area contributed by atoms with E-state index in [9.17, 15) is 13.6 Å². The van der Waals surface area contributed by atoms with Crippen LogP contribution in [-0.2, 0) is 4.79 Å². The zero-order chi connectivity index (χ0) is 19.2. The Morgan fingerprint density at radius 1 is 1.07 bits per heavy atom. The molecular formula is C21H20F2N2OS. The number of halogens is 2. The molecule has 3 aromatic rings. The van der Waals surface area contributed by atoms with Gasteiger partial charge >= 0.3 is 0 Å². The summed E-state index contributed by atoms with van der Waals surface area (Å²) < 4.78 is 26.9. The summed E-state index contributed by atoms with van der Waals surface area (Å²) in [5, 5.41) is 7.98. The summed E-state index contributed by atoms with van der Waals surface area (Å²) in [7, 11) is 0. The van der Waals surface area contributed by atoms with Crippen LogP contribution in [0.1, 0.15) is 35.0 Å². The quantitative estimate of drug-likeness (QED) is 0.624. The second-order valence-corrected chi connectivity index (χ2v) is 7.17. The number of carbonyl (C=O) groups is 1. The molecule has 0 radical (unpaired) electrons. The van der Waals surface area contributed by atoms with E-state index in [-0.39, 0.29) is 18.5 Å². The fourth-order valence-corrected chi connectivity index (χ4v) is 3.64. The Bertz CT molecular complexity index is 884. The lowest BCUT2D eigenvalue weighted by atomic mass is 10.1. The van der Waals surface area contributed by atoms with E-state index >= 15 is 0 Å². The van der Waals surface area contributed by atoms with Crippen LogP contribution in [0.5, 0.6) is 0 Å². The molecule has 0 unspecified atom stereocenters. The molecule has 0 saturated heterocycles. The van der Waals surface area contributed by atoms with Crippen molar-refractivity contribution in [2.24, 2.45) is 0 Å². The van der Waals surface area contributed by atoms with Crippen molar-refractivity contribution < 1.29 is 13.6 Å². The van der Waals surface area contributed by atoms with E-state index in [4.69, 9.17) is 0 Å². The monoisotopic (exact) mass is 386 g/mol. The molecule has 0 saturated carbocycles. The molecule has 1 amide bonds. The summed E-state index contributed by atoms with van der Waals surface area (Å²) in [6, 6.07) is 16.4. The lowest BCUT2D eigenvalue weighted by Gasteiger charge is -2.20. The highest BCUT2D eigenvalue weighted by atomic mass is 32.1. The van der Waals surface area contributed by atoms with E-state index in [1.165, 1.54) is 12.1 Å². The van der Waals surface area contributed by atoms with Gasteiger partial charge in [0.1, 0.15) is 11.6 Å². The Kier molecular flexibility index (Phi) is 6.32. The fourth-order valence-electron chi connectivity index (χ4n) is 2.84. The van der Waals surface area contributed by atoms with E-state index < -0.39 is 17.7 Å². The molecule has 3 rings (SSSR count). The van der Waals surface area contributed by atoms with Gasteiger partial charge < -0.3 is 10.6 Å². The Labute approximate surface area is 161 Å². The average Bonchev–Trinajstić information content (AvgIpc) is 3.19. The number of nitrogens with one attached hydrogen (secondary N) is 2. The van der Waals surface area contributed by atoms with Gasteiger partial charge in [-0.05, 0) is 30.0 Å². The predicted molar refractivity (Wildman–Crippen MR) is 104 cm³/mol. The van der Waals surface area contributed by atoms with Crippen molar-refractivity contribution in [1.29, 1.82) is 0 Å². The molecule has 0 aliphatic rings. The maximum Gasteiger partial charge on any atom is 0.234 e. The van der Waals surface area contributed by atoms with Gasteiger partial charge in [-0.1, -0.05) is 42.5 Å². The molecule has 0 aliphatic heterocycles. The lowest BCUT2D eigenvalue weighted by Crippen LogP contribution is -2.37. The molecule has 6 heteroatoms. The maximum atomic E-state index is 13.9. The van der Waals surface area contributed by atoms with Gasteiger partial charge in [0.25, 0.3) is 0 Å². The molecule has 140 valence electrons. The minimum atomic E-state index is -0.629. The molecule has 0 fully saturated rings. The minimum absolute atomic E-state index is 0.0205. The number of benzene rings is 2. The molecule has 27 heavy (non-hydrogen) atoms. The molecule has 0 aliphatic carbocycles. The first-order valence-electron chi connectivity index (χ1n) is 8.60. The molecule has 1 heterocycles. The molecule has 3 nitrogen and oxygen atoms in total. The van der Waals surface area contributed by atoms with Crippen LogP contribution in [-0.4, -0.2) is 12.5 Å². The highest BCUT2D eigenvalue weighted by molar-refractivity contribution is 7.10. The van der Waals surface area contributed by atoms with Gasteiger partial charge in [0, 0.05) is 22.5 Å². The van der Waals surface area contributed by atoms with Crippen LogP contribution in [0.4, 0.5) is 8.78 Å². The van der Waals surface area contributed by atoms with Crippen LogP contribution in [0, 0.1) is 11.6 Å². The van der Waals surface area contributed by atoms with Crippen molar-refractivity contribution in [1.82, 2.24) is 10.6 Å². The normalized spacial score (nSPS) is 13.1. The Morgan fingerprint density at radius 3 is 2.52 bits per heavy atom. The van der Waals surface area contributed by atoms with Crippen molar-refractivity contribution in [3.05, 3.63) is 93.7 Å². The third-order valence-corrected chi connectivity index (χ3v) is 5.20. The summed E-state index contributed by atoms with van der Waals surface area (Å²) in [5.74, 6) is -1.45.